The molecule has 2 heterocycles. The standard InChI is InChI=1S/C10H15ClN2O3/c1-2-3-7(11)9-12-10(16-13-9)8-6-14-4-5-15-8/h7-8H,2-6H2,1H3. The maximum atomic E-state index is 6.10. The highest BCUT2D eigenvalue weighted by Crippen LogP contribution is 2.25. The first-order chi connectivity index (χ1) is 7.81. The Morgan fingerprint density at radius 1 is 1.50 bits per heavy atom. The van der Waals surface area contributed by atoms with E-state index in [9.17, 15) is 0 Å². The number of hydrogen-bond acceptors (Lipinski definition) is 5. The minimum atomic E-state index is -0.250. The van der Waals surface area contributed by atoms with Crippen molar-refractivity contribution >= 4 is 11.6 Å². The van der Waals surface area contributed by atoms with Crippen LogP contribution >= 0.6 is 11.6 Å². The molecular weight excluding hydrogens is 232 g/mol. The Hall–Kier alpha value is -0.650. The molecule has 0 aromatic carbocycles. The van der Waals surface area contributed by atoms with E-state index in [0.717, 1.165) is 12.8 Å². The first-order valence-corrected chi connectivity index (χ1v) is 5.91. The van der Waals surface area contributed by atoms with Gasteiger partial charge >= 0.3 is 0 Å². The van der Waals surface area contributed by atoms with Crippen LogP contribution in [0.3, 0.4) is 0 Å². The molecule has 16 heavy (non-hydrogen) atoms. The largest absolute Gasteiger partial charge is 0.376 e. The van der Waals surface area contributed by atoms with Crippen LogP contribution in [0.1, 0.15) is 43.0 Å². The van der Waals surface area contributed by atoms with Crippen LogP contribution < -0.4 is 0 Å². The van der Waals surface area contributed by atoms with E-state index in [4.69, 9.17) is 25.6 Å². The molecule has 0 N–H and O–H groups in total. The Balaban J connectivity index is 2.00. The molecule has 0 amide bonds. The number of halogens is 1. The summed E-state index contributed by atoms with van der Waals surface area (Å²) in [6.45, 7) is 3.70. The summed E-state index contributed by atoms with van der Waals surface area (Å²) >= 11 is 6.10. The summed E-state index contributed by atoms with van der Waals surface area (Å²) in [6.07, 6.45) is 1.57. The molecule has 1 aliphatic heterocycles. The van der Waals surface area contributed by atoms with Gasteiger partial charge in [0, 0.05) is 0 Å². The summed E-state index contributed by atoms with van der Waals surface area (Å²) in [7, 11) is 0. The van der Waals surface area contributed by atoms with Crippen molar-refractivity contribution in [2.45, 2.75) is 31.2 Å². The maximum absolute atomic E-state index is 6.10. The third kappa shape index (κ3) is 2.72. The molecule has 2 rings (SSSR count). The van der Waals surface area contributed by atoms with E-state index in [1.807, 2.05) is 0 Å². The van der Waals surface area contributed by atoms with E-state index < -0.39 is 0 Å². The number of rotatable bonds is 4. The van der Waals surface area contributed by atoms with Crippen LogP contribution in [0.2, 0.25) is 0 Å². The van der Waals surface area contributed by atoms with Crippen LogP contribution in [-0.4, -0.2) is 30.0 Å². The second kappa shape index (κ2) is 5.61. The van der Waals surface area contributed by atoms with E-state index >= 15 is 0 Å². The monoisotopic (exact) mass is 246 g/mol. The first kappa shape index (κ1) is 11.8. The molecule has 2 atom stereocenters. The predicted octanol–water partition coefficient (Wildman–Crippen LogP) is 2.24. The van der Waals surface area contributed by atoms with E-state index in [1.165, 1.54) is 0 Å². The average Bonchev–Trinajstić information content (AvgIpc) is 2.80. The molecule has 2 unspecified atom stereocenters. The number of alkyl halides is 1. The van der Waals surface area contributed by atoms with Crippen LogP contribution in [0.15, 0.2) is 4.52 Å². The summed E-state index contributed by atoms with van der Waals surface area (Å²) in [4.78, 5) is 4.24. The minimum absolute atomic E-state index is 0.188. The molecule has 0 radical (unpaired) electrons. The highest BCUT2D eigenvalue weighted by atomic mass is 35.5. The van der Waals surface area contributed by atoms with Crippen molar-refractivity contribution in [3.63, 3.8) is 0 Å². The van der Waals surface area contributed by atoms with Gasteiger partial charge in [0.1, 0.15) is 0 Å². The fourth-order valence-electron chi connectivity index (χ4n) is 1.52. The van der Waals surface area contributed by atoms with Crippen molar-refractivity contribution in [3.8, 4) is 0 Å². The van der Waals surface area contributed by atoms with Crippen LogP contribution in [0, 0.1) is 0 Å². The second-order valence-corrected chi connectivity index (χ2v) is 4.21. The van der Waals surface area contributed by atoms with E-state index in [2.05, 4.69) is 17.1 Å². The average molecular weight is 247 g/mol. The Kier molecular flexibility index (Phi) is 4.15. The van der Waals surface area contributed by atoms with Crippen molar-refractivity contribution in [2.24, 2.45) is 0 Å². The van der Waals surface area contributed by atoms with Crippen molar-refractivity contribution in [1.29, 1.82) is 0 Å². The molecule has 0 saturated carbocycles. The lowest BCUT2D eigenvalue weighted by molar-refractivity contribution is -0.101. The molecule has 6 heteroatoms. The Bertz CT molecular complexity index is 326. The van der Waals surface area contributed by atoms with Crippen molar-refractivity contribution < 1.29 is 14.0 Å². The molecule has 1 aromatic rings. The Morgan fingerprint density at radius 2 is 2.38 bits per heavy atom. The summed E-state index contributed by atoms with van der Waals surface area (Å²) in [6, 6.07) is 0. The highest BCUT2D eigenvalue weighted by molar-refractivity contribution is 6.20. The zero-order valence-electron chi connectivity index (χ0n) is 9.19. The lowest BCUT2D eigenvalue weighted by atomic mass is 10.2. The molecule has 1 aliphatic rings. The van der Waals surface area contributed by atoms with Gasteiger partial charge in [-0.15, -0.1) is 11.6 Å². The SMILES string of the molecule is CCCC(Cl)c1noc(C2COCCO2)n1. The number of aromatic nitrogens is 2. The predicted molar refractivity (Wildman–Crippen MR) is 57.3 cm³/mol. The third-order valence-corrected chi connectivity index (χ3v) is 2.78. The molecule has 0 spiro atoms. The highest BCUT2D eigenvalue weighted by Gasteiger charge is 2.24. The second-order valence-electron chi connectivity index (χ2n) is 3.68. The van der Waals surface area contributed by atoms with Gasteiger partial charge in [0.2, 0.25) is 0 Å². The van der Waals surface area contributed by atoms with Crippen LogP contribution in [0.5, 0.6) is 0 Å². The lowest BCUT2D eigenvalue weighted by Gasteiger charge is -2.19. The molecular formula is C10H15ClN2O3. The maximum Gasteiger partial charge on any atom is 0.258 e. The summed E-state index contributed by atoms with van der Waals surface area (Å²) < 4.78 is 15.8. The summed E-state index contributed by atoms with van der Waals surface area (Å²) in [5, 5.41) is 3.67. The smallest absolute Gasteiger partial charge is 0.258 e. The van der Waals surface area contributed by atoms with Crippen molar-refractivity contribution in [2.75, 3.05) is 19.8 Å². The molecule has 1 fully saturated rings. The van der Waals surface area contributed by atoms with Crippen LogP contribution in [0.25, 0.3) is 0 Å². The summed E-state index contributed by atoms with van der Waals surface area (Å²) in [5.41, 5.74) is 0. The Morgan fingerprint density at radius 3 is 3.06 bits per heavy atom. The minimum Gasteiger partial charge on any atom is -0.376 e. The van der Waals surface area contributed by atoms with Crippen molar-refractivity contribution in [3.05, 3.63) is 11.7 Å². The zero-order chi connectivity index (χ0) is 11.4. The van der Waals surface area contributed by atoms with Gasteiger partial charge in [0.05, 0.1) is 25.2 Å². The Labute approximate surface area is 99.1 Å². The molecule has 90 valence electrons. The van der Waals surface area contributed by atoms with Crippen molar-refractivity contribution in [1.82, 2.24) is 10.1 Å². The van der Waals surface area contributed by atoms with Gasteiger partial charge in [-0.05, 0) is 6.42 Å². The topological polar surface area (TPSA) is 57.4 Å². The molecule has 1 aromatic heterocycles. The number of hydrogen-bond donors (Lipinski definition) is 0. The molecule has 5 nitrogen and oxygen atoms in total. The fraction of sp³-hybridized carbons (Fsp3) is 0.800. The van der Waals surface area contributed by atoms with Gasteiger partial charge in [0.25, 0.3) is 5.89 Å². The van der Waals surface area contributed by atoms with Crippen LogP contribution in [-0.2, 0) is 9.47 Å². The van der Waals surface area contributed by atoms with Crippen LogP contribution in [0.4, 0.5) is 0 Å². The van der Waals surface area contributed by atoms with Gasteiger partial charge in [0.15, 0.2) is 11.9 Å². The fourth-order valence-corrected chi connectivity index (χ4v) is 1.83. The first-order valence-electron chi connectivity index (χ1n) is 5.48. The van der Waals surface area contributed by atoms with Gasteiger partial charge in [-0.1, -0.05) is 18.5 Å². The van der Waals surface area contributed by atoms with Gasteiger partial charge in [-0.2, -0.15) is 4.98 Å². The van der Waals surface area contributed by atoms with E-state index in [-0.39, 0.29) is 11.5 Å². The van der Waals surface area contributed by atoms with Gasteiger partial charge < -0.3 is 14.0 Å². The van der Waals surface area contributed by atoms with E-state index in [1.54, 1.807) is 0 Å². The zero-order valence-corrected chi connectivity index (χ0v) is 9.94. The normalized spacial score (nSPS) is 23.2. The van der Waals surface area contributed by atoms with E-state index in [0.29, 0.717) is 31.5 Å². The molecule has 0 bridgehead atoms. The van der Waals surface area contributed by atoms with Gasteiger partial charge in [-0.3, -0.25) is 0 Å². The quantitative estimate of drug-likeness (QED) is 0.763. The molecule has 0 aliphatic carbocycles. The lowest BCUT2D eigenvalue weighted by Crippen LogP contribution is -2.22. The number of ether oxygens (including phenoxy) is 2. The molecule has 1 saturated heterocycles. The van der Waals surface area contributed by atoms with Gasteiger partial charge in [-0.25, -0.2) is 0 Å². The third-order valence-electron chi connectivity index (χ3n) is 2.37. The summed E-state index contributed by atoms with van der Waals surface area (Å²) in [5.74, 6) is 0.990. The number of nitrogens with zero attached hydrogens (tertiary/aromatic N) is 2.